The van der Waals surface area contributed by atoms with Crippen molar-refractivity contribution in [2.75, 3.05) is 0 Å². The first-order chi connectivity index (χ1) is 10.5. The van der Waals surface area contributed by atoms with Crippen molar-refractivity contribution in [3.8, 4) is 0 Å². The fourth-order valence-electron chi connectivity index (χ4n) is 2.15. The largest absolute Gasteiger partial charge is 0.480 e. The van der Waals surface area contributed by atoms with Crippen molar-refractivity contribution in [3.05, 3.63) is 46.8 Å². The fraction of sp³-hybridized carbons (Fsp3) is 0.250. The summed E-state index contributed by atoms with van der Waals surface area (Å²) in [6, 6.07) is 4.65. The molecule has 2 N–H and O–H groups in total. The summed E-state index contributed by atoms with van der Waals surface area (Å²) in [5.41, 5.74) is 0.854. The van der Waals surface area contributed by atoms with Crippen molar-refractivity contribution >= 4 is 44.9 Å². The summed E-state index contributed by atoms with van der Waals surface area (Å²) < 4.78 is 1.05. The van der Waals surface area contributed by atoms with Crippen LogP contribution in [0, 0.1) is 0 Å². The third-order valence-corrected chi connectivity index (χ3v) is 4.51. The van der Waals surface area contributed by atoms with Crippen molar-refractivity contribution in [1.82, 2.24) is 5.32 Å². The number of thiophene rings is 1. The van der Waals surface area contributed by atoms with Gasteiger partial charge in [-0.2, -0.15) is 0 Å². The Morgan fingerprint density at radius 3 is 2.91 bits per heavy atom. The highest BCUT2D eigenvalue weighted by Gasteiger charge is 2.19. The molecule has 2 rings (SSSR count). The van der Waals surface area contributed by atoms with Crippen LogP contribution in [0.15, 0.2) is 36.2 Å². The van der Waals surface area contributed by atoms with Gasteiger partial charge in [0, 0.05) is 9.72 Å². The first-order valence-electron chi connectivity index (χ1n) is 6.80. The summed E-state index contributed by atoms with van der Waals surface area (Å²) in [6.45, 7) is 3.56. The quantitative estimate of drug-likeness (QED) is 0.758. The van der Waals surface area contributed by atoms with Gasteiger partial charge in [0.15, 0.2) is 0 Å². The molecule has 1 amide bonds. The van der Waals surface area contributed by atoms with Crippen LogP contribution in [0.5, 0.6) is 0 Å². The smallest absolute Gasteiger partial charge is 0.326 e. The maximum atomic E-state index is 12.1. The molecule has 1 atom stereocenters. The van der Waals surface area contributed by atoms with Gasteiger partial charge in [-0.25, -0.2) is 4.79 Å². The molecule has 0 aliphatic heterocycles. The molecule has 22 heavy (non-hydrogen) atoms. The van der Waals surface area contributed by atoms with Gasteiger partial charge in [0.2, 0.25) is 5.91 Å². The van der Waals surface area contributed by atoms with Gasteiger partial charge in [-0.3, -0.25) is 4.79 Å². The highest BCUT2D eigenvalue weighted by Crippen LogP contribution is 2.28. The Morgan fingerprint density at radius 1 is 1.45 bits per heavy atom. The molecule has 4 nitrogen and oxygen atoms in total. The zero-order valence-corrected chi connectivity index (χ0v) is 13.4. The molecular formula is C16H16ClNO3S. The van der Waals surface area contributed by atoms with Crippen molar-refractivity contribution in [2.45, 2.75) is 25.3 Å². The van der Waals surface area contributed by atoms with Gasteiger partial charge in [0.25, 0.3) is 0 Å². The highest BCUT2D eigenvalue weighted by atomic mass is 35.5. The molecule has 0 bridgehead atoms. The van der Waals surface area contributed by atoms with Crippen LogP contribution in [0.4, 0.5) is 0 Å². The summed E-state index contributed by atoms with van der Waals surface area (Å²) >= 11 is 7.52. The van der Waals surface area contributed by atoms with E-state index in [0.717, 1.165) is 15.6 Å². The van der Waals surface area contributed by atoms with E-state index in [1.165, 1.54) is 11.3 Å². The molecule has 0 saturated carbocycles. The second-order valence-corrected chi connectivity index (χ2v) is 6.25. The third-order valence-electron chi connectivity index (χ3n) is 3.26. The van der Waals surface area contributed by atoms with Crippen molar-refractivity contribution in [1.29, 1.82) is 0 Å². The zero-order valence-electron chi connectivity index (χ0n) is 11.8. The van der Waals surface area contributed by atoms with Crippen molar-refractivity contribution in [2.24, 2.45) is 0 Å². The lowest BCUT2D eigenvalue weighted by molar-refractivity contribution is -0.141. The Bertz CT molecular complexity index is 710. The first-order valence-corrected chi connectivity index (χ1v) is 8.05. The summed E-state index contributed by atoms with van der Waals surface area (Å²) in [5, 5.41) is 15.1. The number of benzene rings is 1. The summed E-state index contributed by atoms with van der Waals surface area (Å²) in [5.74, 6) is -1.34. The van der Waals surface area contributed by atoms with Gasteiger partial charge in [-0.1, -0.05) is 17.7 Å². The number of aliphatic carboxylic acids is 1. The molecule has 6 heteroatoms. The van der Waals surface area contributed by atoms with E-state index in [0.29, 0.717) is 17.9 Å². The number of carboxylic acid groups (broad SMARTS) is 1. The molecule has 0 fully saturated rings. The maximum Gasteiger partial charge on any atom is 0.326 e. The molecule has 1 aromatic heterocycles. The van der Waals surface area contributed by atoms with Crippen LogP contribution >= 0.6 is 22.9 Å². The van der Waals surface area contributed by atoms with E-state index in [1.54, 1.807) is 12.1 Å². The second-order valence-electron chi connectivity index (χ2n) is 4.90. The number of fused-ring (bicyclic) bond motifs is 1. The molecule has 1 aromatic carbocycles. The van der Waals surface area contributed by atoms with E-state index in [1.807, 2.05) is 17.5 Å². The summed E-state index contributed by atoms with van der Waals surface area (Å²) in [4.78, 5) is 23.2. The highest BCUT2D eigenvalue weighted by molar-refractivity contribution is 7.17. The van der Waals surface area contributed by atoms with Crippen LogP contribution in [0.25, 0.3) is 10.1 Å². The van der Waals surface area contributed by atoms with Gasteiger partial charge >= 0.3 is 5.97 Å². The summed E-state index contributed by atoms with van der Waals surface area (Å²) in [6.07, 6.45) is 2.64. The van der Waals surface area contributed by atoms with Crippen LogP contribution < -0.4 is 5.32 Å². The minimum Gasteiger partial charge on any atom is -0.480 e. The van der Waals surface area contributed by atoms with Gasteiger partial charge in [-0.15, -0.1) is 17.9 Å². The molecule has 0 saturated heterocycles. The lowest BCUT2D eigenvalue weighted by Gasteiger charge is -2.13. The Hall–Kier alpha value is -1.85. The molecule has 0 radical (unpaired) electrons. The van der Waals surface area contributed by atoms with E-state index < -0.39 is 12.0 Å². The average molecular weight is 338 g/mol. The maximum absolute atomic E-state index is 12.1. The number of carbonyl (C=O) groups is 2. The van der Waals surface area contributed by atoms with Crippen LogP contribution in [-0.4, -0.2) is 23.0 Å². The number of nitrogens with one attached hydrogen (secondary N) is 1. The lowest BCUT2D eigenvalue weighted by Crippen LogP contribution is -2.41. The van der Waals surface area contributed by atoms with E-state index in [2.05, 4.69) is 11.9 Å². The number of rotatable bonds is 7. The lowest BCUT2D eigenvalue weighted by atomic mass is 10.1. The number of hydrogen-bond acceptors (Lipinski definition) is 3. The molecule has 0 aliphatic rings. The van der Waals surface area contributed by atoms with Crippen molar-refractivity contribution in [3.63, 3.8) is 0 Å². The number of allylic oxidation sites excluding steroid dienone is 1. The Kier molecular flexibility index (Phi) is 5.57. The van der Waals surface area contributed by atoms with Crippen LogP contribution in [0.1, 0.15) is 18.4 Å². The van der Waals surface area contributed by atoms with E-state index in [4.69, 9.17) is 16.7 Å². The Labute approximate surface area is 137 Å². The standard InChI is InChI=1S/C16H16ClNO3S/c1-2-3-4-13(16(20)21)18-15(19)7-10-9-22-14-6-5-11(17)8-12(10)14/h2,5-6,8-9,13H,1,3-4,7H2,(H,18,19)(H,20,21). The van der Waals surface area contributed by atoms with Crippen LogP contribution in [0.3, 0.4) is 0 Å². The number of hydrogen-bond donors (Lipinski definition) is 2. The molecule has 1 heterocycles. The Balaban J connectivity index is 2.08. The second kappa shape index (κ2) is 7.42. The molecule has 2 aromatic rings. The topological polar surface area (TPSA) is 66.4 Å². The van der Waals surface area contributed by atoms with Gasteiger partial charge in [0.1, 0.15) is 6.04 Å². The van der Waals surface area contributed by atoms with E-state index in [9.17, 15) is 9.59 Å². The third kappa shape index (κ3) is 4.08. The summed E-state index contributed by atoms with van der Waals surface area (Å²) in [7, 11) is 0. The molecule has 116 valence electrons. The van der Waals surface area contributed by atoms with Crippen LogP contribution in [0.2, 0.25) is 5.02 Å². The SMILES string of the molecule is C=CCCC(NC(=O)Cc1csc2ccc(Cl)cc12)C(=O)O. The molecule has 0 aliphatic carbocycles. The normalized spacial score (nSPS) is 12.0. The molecule has 1 unspecified atom stereocenters. The van der Waals surface area contributed by atoms with E-state index >= 15 is 0 Å². The average Bonchev–Trinajstić information content (AvgIpc) is 2.85. The Morgan fingerprint density at radius 2 is 2.23 bits per heavy atom. The van der Waals surface area contributed by atoms with Gasteiger partial charge in [-0.05, 0) is 47.4 Å². The number of halogens is 1. The minimum absolute atomic E-state index is 0.137. The minimum atomic E-state index is -1.03. The number of carboxylic acids is 1. The monoisotopic (exact) mass is 337 g/mol. The predicted octanol–water partition coefficient (Wildman–Crippen LogP) is 3.63. The van der Waals surface area contributed by atoms with Gasteiger partial charge in [0.05, 0.1) is 6.42 Å². The predicted molar refractivity (Wildman–Crippen MR) is 89.5 cm³/mol. The fourth-order valence-corrected chi connectivity index (χ4v) is 3.27. The van der Waals surface area contributed by atoms with Gasteiger partial charge < -0.3 is 10.4 Å². The molecule has 0 spiro atoms. The van der Waals surface area contributed by atoms with Crippen LogP contribution in [-0.2, 0) is 16.0 Å². The van der Waals surface area contributed by atoms with E-state index in [-0.39, 0.29) is 12.3 Å². The van der Waals surface area contributed by atoms with Crippen molar-refractivity contribution < 1.29 is 14.7 Å². The number of carbonyl (C=O) groups excluding carboxylic acids is 1. The molecular weight excluding hydrogens is 322 g/mol. The zero-order chi connectivity index (χ0) is 16.1. The number of amides is 1. The first kappa shape index (κ1) is 16.5.